The number of hydrogen-bond donors (Lipinski definition) is 2. The molecule has 2 N–H and O–H groups in total. The van der Waals surface area contributed by atoms with Crippen molar-refractivity contribution in [1.82, 2.24) is 19.8 Å². The fraction of sp³-hybridized carbons (Fsp3) is 0.458. The third-order valence-electron chi connectivity index (χ3n) is 6.45. The summed E-state index contributed by atoms with van der Waals surface area (Å²) in [7, 11) is 0. The number of nitrogens with one attached hydrogen (secondary N) is 2. The number of amides is 1. The summed E-state index contributed by atoms with van der Waals surface area (Å²) in [6.45, 7) is 10.5. The quantitative estimate of drug-likeness (QED) is 0.598. The first kappa shape index (κ1) is 22.1. The lowest BCUT2D eigenvalue weighted by Crippen LogP contribution is -2.60. The molecule has 0 radical (unpaired) electrons. The topological polar surface area (TPSA) is 85.9 Å². The van der Waals surface area contributed by atoms with Gasteiger partial charge in [-0.3, -0.25) is 19.7 Å². The summed E-state index contributed by atoms with van der Waals surface area (Å²) in [5, 5.41) is 5.64. The summed E-state index contributed by atoms with van der Waals surface area (Å²) < 4.78 is 6.05. The van der Waals surface area contributed by atoms with Crippen LogP contribution in [0.4, 0.5) is 5.69 Å². The molecule has 0 aliphatic carbocycles. The molecule has 0 unspecified atom stereocenters. The van der Waals surface area contributed by atoms with Gasteiger partial charge in [-0.2, -0.15) is 0 Å². The number of fused-ring (bicyclic) bond motifs is 3. The molecule has 1 atom stereocenters. The molecule has 1 saturated heterocycles. The second-order valence-corrected chi connectivity index (χ2v) is 9.72. The molecule has 1 amide bonds. The molecule has 3 aromatic rings. The van der Waals surface area contributed by atoms with Crippen molar-refractivity contribution in [2.24, 2.45) is 4.99 Å². The Bertz CT molecular complexity index is 1240. The number of carbonyl (C=O) groups excluding carboxylic acids is 1. The number of benzene rings is 1. The molecular weight excluding hydrogens is 440 g/mol. The van der Waals surface area contributed by atoms with E-state index < -0.39 is 6.04 Å². The van der Waals surface area contributed by atoms with Gasteiger partial charge < -0.3 is 19.9 Å². The van der Waals surface area contributed by atoms with E-state index in [9.17, 15) is 4.79 Å². The van der Waals surface area contributed by atoms with Gasteiger partial charge in [0.1, 0.15) is 11.9 Å². The van der Waals surface area contributed by atoms with Gasteiger partial charge in [-0.05, 0) is 39.0 Å². The van der Waals surface area contributed by atoms with E-state index in [1.165, 1.54) is 0 Å². The van der Waals surface area contributed by atoms with Gasteiger partial charge in [-0.15, -0.1) is 0 Å². The highest BCUT2D eigenvalue weighted by Gasteiger charge is 2.39. The third-order valence-corrected chi connectivity index (χ3v) is 6.66. The summed E-state index contributed by atoms with van der Waals surface area (Å²) in [6, 6.07) is 5.20. The van der Waals surface area contributed by atoms with Crippen LogP contribution in [0, 0.1) is 0 Å². The Morgan fingerprint density at radius 2 is 2.21 bits per heavy atom. The summed E-state index contributed by atoms with van der Waals surface area (Å²) >= 11 is 6.42. The molecule has 2 aliphatic rings. The van der Waals surface area contributed by atoms with E-state index in [4.69, 9.17) is 16.3 Å². The lowest BCUT2D eigenvalue weighted by molar-refractivity contribution is -0.141. The van der Waals surface area contributed by atoms with Gasteiger partial charge in [0.25, 0.3) is 0 Å². The highest BCUT2D eigenvalue weighted by Crippen LogP contribution is 2.33. The molecule has 0 bridgehead atoms. The van der Waals surface area contributed by atoms with Crippen LogP contribution in [-0.2, 0) is 9.53 Å². The number of aromatic nitrogens is 2. The van der Waals surface area contributed by atoms with Crippen LogP contribution in [0.25, 0.3) is 21.8 Å². The van der Waals surface area contributed by atoms with Gasteiger partial charge in [0.15, 0.2) is 0 Å². The number of ether oxygens (including phenoxy) is 1. The monoisotopic (exact) mass is 468 g/mol. The van der Waals surface area contributed by atoms with Crippen molar-refractivity contribution in [3.63, 3.8) is 0 Å². The molecular formula is C24H29ClN6O2. The molecule has 33 heavy (non-hydrogen) atoms. The minimum absolute atomic E-state index is 0.118. The second-order valence-electron chi connectivity index (χ2n) is 9.28. The first-order valence-electron chi connectivity index (χ1n) is 11.4. The number of hydrogen-bond acceptors (Lipinski definition) is 6. The summed E-state index contributed by atoms with van der Waals surface area (Å²) in [5.41, 5.74) is 2.04. The molecule has 0 saturated carbocycles. The molecule has 8 nitrogen and oxygen atoms in total. The average Bonchev–Trinajstić information content (AvgIpc) is 3.37. The van der Waals surface area contributed by atoms with Crippen molar-refractivity contribution in [2.75, 3.05) is 44.6 Å². The highest BCUT2D eigenvalue weighted by atomic mass is 35.5. The highest BCUT2D eigenvalue weighted by molar-refractivity contribution is 6.33. The zero-order valence-electron chi connectivity index (χ0n) is 19.2. The lowest BCUT2D eigenvalue weighted by Gasteiger charge is -2.43. The number of likely N-dealkylation sites (N-methyl/N-ethyl adjacent to an activating group) is 1. The predicted molar refractivity (Wildman–Crippen MR) is 132 cm³/mol. The van der Waals surface area contributed by atoms with Crippen molar-refractivity contribution in [1.29, 1.82) is 0 Å². The number of morpholine rings is 1. The molecule has 2 aromatic heterocycles. The van der Waals surface area contributed by atoms with Crippen LogP contribution in [0.2, 0.25) is 5.02 Å². The van der Waals surface area contributed by atoms with Gasteiger partial charge >= 0.3 is 0 Å². The van der Waals surface area contributed by atoms with Gasteiger partial charge in [0.05, 0.1) is 48.2 Å². The molecule has 0 spiro atoms. The molecule has 174 valence electrons. The number of halogens is 1. The third kappa shape index (κ3) is 4.30. The van der Waals surface area contributed by atoms with E-state index in [0.717, 1.165) is 47.3 Å². The zero-order chi connectivity index (χ0) is 23.2. The maximum absolute atomic E-state index is 13.5. The summed E-state index contributed by atoms with van der Waals surface area (Å²) in [6.07, 6.45) is 3.52. The Morgan fingerprint density at radius 3 is 3.03 bits per heavy atom. The number of rotatable bonds is 5. The van der Waals surface area contributed by atoms with Crippen LogP contribution in [-0.4, -0.2) is 82.5 Å². The van der Waals surface area contributed by atoms with Crippen molar-refractivity contribution >= 4 is 50.8 Å². The lowest BCUT2D eigenvalue weighted by atomic mass is 10.0. The SMILES string of the molecule is CCN1CCN=C1CN1CC(C)(C)OC[C@H]1C(=O)Nc1cc(Cl)cc2c1[nH]c1cnccc12. The van der Waals surface area contributed by atoms with E-state index in [1.807, 2.05) is 12.1 Å². The van der Waals surface area contributed by atoms with Crippen LogP contribution < -0.4 is 5.32 Å². The van der Waals surface area contributed by atoms with Gasteiger partial charge in [0, 0.05) is 41.6 Å². The Hall–Kier alpha value is -2.68. The average molecular weight is 469 g/mol. The Kier molecular flexibility index (Phi) is 5.76. The van der Waals surface area contributed by atoms with Crippen LogP contribution in [0.1, 0.15) is 20.8 Å². The fourth-order valence-corrected chi connectivity index (χ4v) is 5.01. The standard InChI is InChI=1S/C24H29ClN6O2/c1-4-30-8-7-27-21(30)12-31-14-24(2,3)33-13-20(31)23(32)29-18-10-15(25)9-17-16-5-6-26-11-19(16)28-22(17)18/h5-6,9-11,20,28H,4,7-8,12-14H2,1-3H3,(H,29,32)/t20-/m0/s1. The van der Waals surface area contributed by atoms with Crippen molar-refractivity contribution in [3.05, 3.63) is 35.6 Å². The normalized spacial score (nSPS) is 21.0. The molecule has 4 heterocycles. The minimum Gasteiger partial charge on any atom is -0.372 e. The van der Waals surface area contributed by atoms with E-state index in [2.05, 4.69) is 50.8 Å². The van der Waals surface area contributed by atoms with Crippen LogP contribution in [0.3, 0.4) is 0 Å². The Balaban J connectivity index is 1.43. The van der Waals surface area contributed by atoms with Crippen molar-refractivity contribution in [2.45, 2.75) is 32.4 Å². The predicted octanol–water partition coefficient (Wildman–Crippen LogP) is 3.52. The van der Waals surface area contributed by atoms with E-state index in [0.29, 0.717) is 30.4 Å². The largest absolute Gasteiger partial charge is 0.372 e. The van der Waals surface area contributed by atoms with Crippen LogP contribution in [0.5, 0.6) is 0 Å². The maximum Gasteiger partial charge on any atom is 0.244 e. The van der Waals surface area contributed by atoms with E-state index in [1.54, 1.807) is 18.5 Å². The number of amidine groups is 1. The number of H-pyrrole nitrogens is 1. The van der Waals surface area contributed by atoms with E-state index in [-0.39, 0.29) is 11.5 Å². The number of aromatic amines is 1. The van der Waals surface area contributed by atoms with Gasteiger partial charge in [-0.25, -0.2) is 0 Å². The van der Waals surface area contributed by atoms with Crippen molar-refractivity contribution < 1.29 is 9.53 Å². The van der Waals surface area contributed by atoms with Gasteiger partial charge in [-0.1, -0.05) is 11.6 Å². The minimum atomic E-state index is -0.430. The zero-order valence-corrected chi connectivity index (χ0v) is 19.9. The van der Waals surface area contributed by atoms with Crippen LogP contribution >= 0.6 is 11.6 Å². The maximum atomic E-state index is 13.5. The number of anilines is 1. The molecule has 9 heteroatoms. The number of nitrogens with zero attached hydrogens (tertiary/aromatic N) is 4. The number of aliphatic imine (C=N–C) groups is 1. The first-order valence-corrected chi connectivity index (χ1v) is 11.7. The fourth-order valence-electron chi connectivity index (χ4n) is 4.80. The summed E-state index contributed by atoms with van der Waals surface area (Å²) in [5.74, 6) is 0.925. The second kappa shape index (κ2) is 8.59. The molecule has 2 aliphatic heterocycles. The number of carbonyl (C=O) groups is 1. The van der Waals surface area contributed by atoms with Crippen LogP contribution in [0.15, 0.2) is 35.6 Å². The Morgan fingerprint density at radius 1 is 1.36 bits per heavy atom. The molecule has 5 rings (SSSR count). The number of pyridine rings is 1. The van der Waals surface area contributed by atoms with E-state index >= 15 is 0 Å². The Labute approximate surface area is 197 Å². The smallest absolute Gasteiger partial charge is 0.244 e. The molecule has 1 fully saturated rings. The first-order chi connectivity index (χ1) is 15.8. The summed E-state index contributed by atoms with van der Waals surface area (Å²) in [4.78, 5) is 30.2. The molecule has 1 aromatic carbocycles. The van der Waals surface area contributed by atoms with Crippen molar-refractivity contribution in [3.8, 4) is 0 Å². The van der Waals surface area contributed by atoms with Gasteiger partial charge in [0.2, 0.25) is 5.91 Å².